The maximum absolute atomic E-state index is 12.2. The minimum absolute atomic E-state index is 0.169. The number of nitrogens with zero attached hydrogens (tertiary/aromatic N) is 2. The third kappa shape index (κ3) is 5.00. The number of amides is 1. The average Bonchev–Trinajstić information content (AvgIpc) is 2.49. The lowest BCUT2D eigenvalue weighted by molar-refractivity contribution is 0.0948. The van der Waals surface area contributed by atoms with Crippen molar-refractivity contribution in [2.24, 2.45) is 0 Å². The van der Waals surface area contributed by atoms with Gasteiger partial charge in [0.15, 0.2) is 5.16 Å². The van der Waals surface area contributed by atoms with Gasteiger partial charge in [-0.3, -0.25) is 4.79 Å². The van der Waals surface area contributed by atoms with Gasteiger partial charge in [0.2, 0.25) is 0 Å². The molecule has 1 amide bonds. The summed E-state index contributed by atoms with van der Waals surface area (Å²) >= 11 is 7.37. The Hall–Kier alpha value is -1.59. The molecule has 6 heteroatoms. The summed E-state index contributed by atoms with van der Waals surface area (Å²) in [5, 5.41) is 4.24. The third-order valence-corrected chi connectivity index (χ3v) is 3.93. The number of thioether (sulfide) groups is 1. The van der Waals surface area contributed by atoms with E-state index in [9.17, 15) is 4.79 Å². The van der Waals surface area contributed by atoms with Crippen LogP contribution in [-0.2, 0) is 6.42 Å². The molecule has 2 rings (SSSR count). The monoisotopic (exact) mass is 335 g/mol. The number of rotatable bonds is 6. The van der Waals surface area contributed by atoms with Crippen molar-refractivity contribution in [2.45, 2.75) is 25.4 Å². The molecule has 0 bridgehead atoms. The molecule has 1 heterocycles. The van der Waals surface area contributed by atoms with Gasteiger partial charge >= 0.3 is 0 Å². The number of carbonyl (C=O) groups is 1. The summed E-state index contributed by atoms with van der Waals surface area (Å²) in [7, 11) is 0. The first kappa shape index (κ1) is 16.8. The number of benzene rings is 1. The van der Waals surface area contributed by atoms with Crippen molar-refractivity contribution in [1.29, 1.82) is 0 Å². The van der Waals surface area contributed by atoms with Crippen molar-refractivity contribution < 1.29 is 4.79 Å². The standard InChI is InChI=1S/C16H18ClN3OS/c1-3-22-16-19-11(2)10-14(20-16)15(21)18-9-8-12-4-6-13(17)7-5-12/h4-7,10H,3,8-9H2,1-2H3,(H,18,21). The molecule has 0 spiro atoms. The number of hydrogen-bond donors (Lipinski definition) is 1. The highest BCUT2D eigenvalue weighted by molar-refractivity contribution is 7.99. The molecule has 1 aromatic carbocycles. The first-order valence-corrected chi connectivity index (χ1v) is 8.46. The molecule has 0 aliphatic heterocycles. The molecule has 0 aliphatic carbocycles. The van der Waals surface area contributed by atoms with Crippen molar-refractivity contribution in [1.82, 2.24) is 15.3 Å². The largest absolute Gasteiger partial charge is 0.350 e. The van der Waals surface area contributed by atoms with Gasteiger partial charge in [-0.1, -0.05) is 42.4 Å². The molecule has 4 nitrogen and oxygen atoms in total. The van der Waals surface area contributed by atoms with Gasteiger partial charge in [-0.2, -0.15) is 0 Å². The number of aromatic nitrogens is 2. The lowest BCUT2D eigenvalue weighted by Crippen LogP contribution is -2.27. The highest BCUT2D eigenvalue weighted by atomic mass is 35.5. The van der Waals surface area contributed by atoms with E-state index < -0.39 is 0 Å². The summed E-state index contributed by atoms with van der Waals surface area (Å²) in [4.78, 5) is 20.8. The number of hydrogen-bond acceptors (Lipinski definition) is 4. The highest BCUT2D eigenvalue weighted by Crippen LogP contribution is 2.13. The Morgan fingerprint density at radius 3 is 2.68 bits per heavy atom. The van der Waals surface area contributed by atoms with Crippen LogP contribution in [0.4, 0.5) is 0 Å². The second kappa shape index (κ2) is 8.15. The Bertz CT molecular complexity index is 646. The maximum atomic E-state index is 12.2. The number of carbonyl (C=O) groups excluding carboxylic acids is 1. The molecule has 2 aromatic rings. The molecular formula is C16H18ClN3OS. The third-order valence-electron chi connectivity index (χ3n) is 2.95. The Labute approximate surface area is 139 Å². The summed E-state index contributed by atoms with van der Waals surface area (Å²) in [6, 6.07) is 9.32. The first-order valence-electron chi connectivity index (χ1n) is 7.09. The Balaban J connectivity index is 1.93. The number of aryl methyl sites for hydroxylation is 1. The second-order valence-corrected chi connectivity index (χ2v) is 6.41. The van der Waals surface area contributed by atoms with Gasteiger partial charge in [0, 0.05) is 17.3 Å². The van der Waals surface area contributed by atoms with Crippen LogP contribution in [0.2, 0.25) is 5.02 Å². The zero-order valence-corrected chi connectivity index (χ0v) is 14.2. The second-order valence-electron chi connectivity index (χ2n) is 4.74. The Morgan fingerprint density at radius 1 is 1.27 bits per heavy atom. The predicted octanol–water partition coefficient (Wildman–Crippen LogP) is 3.52. The first-order chi connectivity index (χ1) is 10.6. The molecule has 0 aliphatic rings. The van der Waals surface area contributed by atoms with Crippen LogP contribution in [-0.4, -0.2) is 28.2 Å². The van der Waals surface area contributed by atoms with E-state index in [4.69, 9.17) is 11.6 Å². The van der Waals surface area contributed by atoms with Crippen LogP contribution < -0.4 is 5.32 Å². The molecule has 0 fully saturated rings. The molecule has 1 aromatic heterocycles. The van der Waals surface area contributed by atoms with Gasteiger partial charge in [0.05, 0.1) is 0 Å². The summed E-state index contributed by atoms with van der Waals surface area (Å²) in [6.07, 6.45) is 0.754. The van der Waals surface area contributed by atoms with Crippen molar-refractivity contribution in [3.63, 3.8) is 0 Å². The van der Waals surface area contributed by atoms with Crippen LogP contribution >= 0.6 is 23.4 Å². The van der Waals surface area contributed by atoms with Gasteiger partial charge in [-0.15, -0.1) is 0 Å². The summed E-state index contributed by atoms with van der Waals surface area (Å²) in [5.74, 6) is 0.707. The van der Waals surface area contributed by atoms with E-state index in [2.05, 4.69) is 15.3 Å². The minimum atomic E-state index is -0.169. The highest BCUT2D eigenvalue weighted by Gasteiger charge is 2.10. The lowest BCUT2D eigenvalue weighted by Gasteiger charge is -2.07. The fraction of sp³-hybridized carbons (Fsp3) is 0.312. The maximum Gasteiger partial charge on any atom is 0.270 e. The van der Waals surface area contributed by atoms with Crippen LogP contribution in [0, 0.1) is 6.92 Å². The van der Waals surface area contributed by atoms with Gasteiger partial charge in [0.1, 0.15) is 5.69 Å². The molecular weight excluding hydrogens is 318 g/mol. The summed E-state index contributed by atoms with van der Waals surface area (Å²) in [5.41, 5.74) is 2.35. The van der Waals surface area contributed by atoms with Crippen molar-refractivity contribution in [3.05, 3.63) is 52.3 Å². The quantitative estimate of drug-likeness (QED) is 0.648. The van der Waals surface area contributed by atoms with Crippen LogP contribution in [0.3, 0.4) is 0 Å². The summed E-state index contributed by atoms with van der Waals surface area (Å²) in [6.45, 7) is 4.45. The van der Waals surface area contributed by atoms with Crippen LogP contribution in [0.1, 0.15) is 28.7 Å². The minimum Gasteiger partial charge on any atom is -0.350 e. The fourth-order valence-corrected chi connectivity index (χ4v) is 2.67. The average molecular weight is 336 g/mol. The Kier molecular flexibility index (Phi) is 6.21. The van der Waals surface area contributed by atoms with Gasteiger partial charge in [0.25, 0.3) is 5.91 Å². The van der Waals surface area contributed by atoms with Gasteiger partial charge < -0.3 is 5.32 Å². The predicted molar refractivity (Wildman–Crippen MR) is 90.7 cm³/mol. The van der Waals surface area contributed by atoms with E-state index in [-0.39, 0.29) is 5.91 Å². The summed E-state index contributed by atoms with van der Waals surface area (Å²) < 4.78 is 0. The zero-order chi connectivity index (χ0) is 15.9. The van der Waals surface area contributed by atoms with Crippen molar-refractivity contribution >= 4 is 29.3 Å². The van der Waals surface area contributed by atoms with Crippen LogP contribution in [0.15, 0.2) is 35.5 Å². The topological polar surface area (TPSA) is 54.9 Å². The van der Waals surface area contributed by atoms with E-state index >= 15 is 0 Å². The molecule has 0 saturated carbocycles. The van der Waals surface area contributed by atoms with Crippen LogP contribution in [0.5, 0.6) is 0 Å². The van der Waals surface area contributed by atoms with E-state index in [1.54, 1.807) is 6.07 Å². The van der Waals surface area contributed by atoms with E-state index in [1.165, 1.54) is 11.8 Å². The lowest BCUT2D eigenvalue weighted by atomic mass is 10.1. The van der Waals surface area contributed by atoms with Gasteiger partial charge in [-0.05, 0) is 42.9 Å². The fourth-order valence-electron chi connectivity index (χ4n) is 1.91. The molecule has 0 unspecified atom stereocenters. The number of halogens is 1. The van der Waals surface area contributed by atoms with Crippen LogP contribution in [0.25, 0.3) is 0 Å². The molecule has 116 valence electrons. The van der Waals surface area contributed by atoms with Crippen molar-refractivity contribution in [2.75, 3.05) is 12.3 Å². The Morgan fingerprint density at radius 2 is 2.00 bits per heavy atom. The van der Waals surface area contributed by atoms with E-state index in [0.717, 1.165) is 23.4 Å². The number of nitrogens with one attached hydrogen (secondary N) is 1. The normalized spacial score (nSPS) is 10.5. The molecule has 0 saturated heterocycles. The molecule has 1 N–H and O–H groups in total. The molecule has 22 heavy (non-hydrogen) atoms. The van der Waals surface area contributed by atoms with Gasteiger partial charge in [-0.25, -0.2) is 9.97 Å². The van der Waals surface area contributed by atoms with E-state index in [1.807, 2.05) is 38.1 Å². The van der Waals surface area contributed by atoms with Crippen molar-refractivity contribution in [3.8, 4) is 0 Å². The smallest absolute Gasteiger partial charge is 0.270 e. The zero-order valence-electron chi connectivity index (χ0n) is 12.6. The molecule has 0 radical (unpaired) electrons. The molecule has 0 atom stereocenters. The SMILES string of the molecule is CCSc1nc(C)cc(C(=O)NCCc2ccc(Cl)cc2)n1. The van der Waals surface area contributed by atoms with E-state index in [0.29, 0.717) is 22.4 Å².